The van der Waals surface area contributed by atoms with Gasteiger partial charge in [-0.15, -0.1) is 0 Å². The molecule has 0 bridgehead atoms. The second-order valence-electron chi connectivity index (χ2n) is 5.68. The minimum atomic E-state index is -0.324. The molecular formula is C15H21BO5. The summed E-state index contributed by atoms with van der Waals surface area (Å²) in [5.74, 6) is 0.852. The fourth-order valence-electron chi connectivity index (χ4n) is 1.90. The molecule has 6 heteroatoms. The third-order valence-corrected chi connectivity index (χ3v) is 3.69. The predicted molar refractivity (Wildman–Crippen MR) is 78.3 cm³/mol. The first-order chi connectivity index (χ1) is 9.77. The van der Waals surface area contributed by atoms with Crippen LogP contribution in [0.1, 0.15) is 34.6 Å². The Balaban J connectivity index is 0.000000677. The topological polar surface area (TPSA) is 61.8 Å². The Morgan fingerprint density at radius 3 is 2.14 bits per heavy atom. The molecule has 0 aromatic heterocycles. The third-order valence-electron chi connectivity index (χ3n) is 3.69. The Labute approximate surface area is 125 Å². The van der Waals surface area contributed by atoms with Crippen molar-refractivity contribution in [3.8, 4) is 5.75 Å². The van der Waals surface area contributed by atoms with Crippen molar-refractivity contribution >= 4 is 18.7 Å². The standard InChI is InChI=1S/C14H21BO3.CO2/c1-6-16-12-9-7-8-11(10-12)15-17-13(2,3)14(4,5)18-15;2-1-3/h7-10H,6H2,1-5H3;. The summed E-state index contributed by atoms with van der Waals surface area (Å²) in [6, 6.07) is 7.89. The van der Waals surface area contributed by atoms with E-state index < -0.39 is 0 Å². The summed E-state index contributed by atoms with van der Waals surface area (Å²) in [5, 5.41) is 0. The van der Waals surface area contributed by atoms with Gasteiger partial charge < -0.3 is 14.0 Å². The molecule has 1 aliphatic rings. The maximum atomic E-state index is 8.12. The van der Waals surface area contributed by atoms with Gasteiger partial charge in [-0.3, -0.25) is 0 Å². The van der Waals surface area contributed by atoms with Gasteiger partial charge in [0.15, 0.2) is 0 Å². The van der Waals surface area contributed by atoms with Gasteiger partial charge in [-0.2, -0.15) is 9.59 Å². The van der Waals surface area contributed by atoms with Crippen LogP contribution in [0.3, 0.4) is 0 Å². The Morgan fingerprint density at radius 1 is 1.14 bits per heavy atom. The van der Waals surface area contributed by atoms with Crippen molar-refractivity contribution < 1.29 is 23.6 Å². The van der Waals surface area contributed by atoms with Gasteiger partial charge >= 0.3 is 13.3 Å². The van der Waals surface area contributed by atoms with Crippen molar-refractivity contribution in [3.05, 3.63) is 24.3 Å². The minimum Gasteiger partial charge on any atom is -0.494 e. The summed E-state index contributed by atoms with van der Waals surface area (Å²) in [6.45, 7) is 10.9. The molecular weight excluding hydrogens is 271 g/mol. The Bertz CT molecular complexity index is 491. The van der Waals surface area contributed by atoms with Crippen molar-refractivity contribution in [2.75, 3.05) is 6.61 Å². The SMILES string of the molecule is CCOc1cccc(B2OC(C)(C)C(C)(C)O2)c1.O=C=O. The van der Waals surface area contributed by atoms with E-state index in [1.807, 2.05) is 31.2 Å². The van der Waals surface area contributed by atoms with Gasteiger partial charge in [-0.05, 0) is 52.2 Å². The smallest absolute Gasteiger partial charge is 0.494 e. The Hall–Kier alpha value is -1.62. The van der Waals surface area contributed by atoms with Crippen LogP contribution < -0.4 is 10.2 Å². The molecule has 0 N–H and O–H groups in total. The van der Waals surface area contributed by atoms with Gasteiger partial charge in [-0.25, -0.2) is 0 Å². The van der Waals surface area contributed by atoms with Crippen LogP contribution in [0, 0.1) is 0 Å². The molecule has 0 aliphatic carbocycles. The van der Waals surface area contributed by atoms with Crippen LogP contribution in [0.25, 0.3) is 0 Å². The zero-order valence-corrected chi connectivity index (χ0v) is 13.1. The van der Waals surface area contributed by atoms with Crippen molar-refractivity contribution in [2.24, 2.45) is 0 Å². The molecule has 1 heterocycles. The molecule has 1 aromatic carbocycles. The average molecular weight is 292 g/mol. The van der Waals surface area contributed by atoms with E-state index in [1.165, 1.54) is 0 Å². The van der Waals surface area contributed by atoms with E-state index in [-0.39, 0.29) is 24.5 Å². The number of rotatable bonds is 3. The van der Waals surface area contributed by atoms with E-state index in [9.17, 15) is 0 Å². The lowest BCUT2D eigenvalue weighted by Gasteiger charge is -2.32. The van der Waals surface area contributed by atoms with Gasteiger partial charge in [0.1, 0.15) is 5.75 Å². The van der Waals surface area contributed by atoms with Crippen LogP contribution in [-0.2, 0) is 18.9 Å². The highest BCUT2D eigenvalue weighted by Gasteiger charge is 2.51. The monoisotopic (exact) mass is 292 g/mol. The zero-order valence-electron chi connectivity index (χ0n) is 13.1. The lowest BCUT2D eigenvalue weighted by atomic mass is 9.79. The van der Waals surface area contributed by atoms with Crippen LogP contribution in [-0.4, -0.2) is 31.1 Å². The largest absolute Gasteiger partial charge is 0.494 e. The molecule has 21 heavy (non-hydrogen) atoms. The van der Waals surface area contributed by atoms with E-state index in [1.54, 1.807) is 0 Å². The van der Waals surface area contributed by atoms with Crippen molar-refractivity contribution in [3.63, 3.8) is 0 Å². The average Bonchev–Trinajstić information content (AvgIpc) is 2.60. The number of hydrogen-bond acceptors (Lipinski definition) is 5. The number of benzene rings is 1. The first-order valence-corrected chi connectivity index (χ1v) is 6.85. The van der Waals surface area contributed by atoms with Crippen LogP contribution in [0.15, 0.2) is 24.3 Å². The molecule has 0 amide bonds. The van der Waals surface area contributed by atoms with Gasteiger partial charge in [-0.1, -0.05) is 12.1 Å². The second-order valence-corrected chi connectivity index (χ2v) is 5.68. The van der Waals surface area contributed by atoms with Gasteiger partial charge in [0.2, 0.25) is 0 Å². The third kappa shape index (κ3) is 4.17. The van der Waals surface area contributed by atoms with Gasteiger partial charge in [0.05, 0.1) is 17.8 Å². The van der Waals surface area contributed by atoms with Crippen LogP contribution in [0.4, 0.5) is 0 Å². The summed E-state index contributed by atoms with van der Waals surface area (Å²) in [6.07, 6.45) is 0.250. The van der Waals surface area contributed by atoms with E-state index in [4.69, 9.17) is 23.6 Å². The quantitative estimate of drug-likeness (QED) is 0.795. The molecule has 0 saturated carbocycles. The van der Waals surface area contributed by atoms with Crippen molar-refractivity contribution in [2.45, 2.75) is 45.8 Å². The fourth-order valence-corrected chi connectivity index (χ4v) is 1.90. The van der Waals surface area contributed by atoms with Crippen LogP contribution in [0.5, 0.6) is 5.75 Å². The first-order valence-electron chi connectivity index (χ1n) is 6.85. The molecule has 0 radical (unpaired) electrons. The van der Waals surface area contributed by atoms with Crippen molar-refractivity contribution in [1.82, 2.24) is 0 Å². The fraction of sp³-hybridized carbons (Fsp3) is 0.533. The Kier molecular flexibility index (Phi) is 5.73. The molecule has 1 aromatic rings. The summed E-state index contributed by atoms with van der Waals surface area (Å²) < 4.78 is 17.5. The Morgan fingerprint density at radius 2 is 1.67 bits per heavy atom. The minimum absolute atomic E-state index is 0.250. The summed E-state index contributed by atoms with van der Waals surface area (Å²) in [4.78, 5) is 16.2. The van der Waals surface area contributed by atoms with Gasteiger partial charge in [0, 0.05) is 0 Å². The molecule has 0 atom stereocenters. The zero-order chi connectivity index (χ0) is 16.1. The lowest BCUT2D eigenvalue weighted by Crippen LogP contribution is -2.41. The highest BCUT2D eigenvalue weighted by atomic mass is 16.7. The normalized spacial score (nSPS) is 18.4. The summed E-state index contributed by atoms with van der Waals surface area (Å²) in [5.41, 5.74) is 0.387. The number of hydrogen-bond donors (Lipinski definition) is 0. The van der Waals surface area contributed by atoms with Crippen molar-refractivity contribution in [1.29, 1.82) is 0 Å². The van der Waals surface area contributed by atoms with E-state index in [0.29, 0.717) is 6.61 Å². The molecule has 114 valence electrons. The lowest BCUT2D eigenvalue weighted by molar-refractivity contribution is -0.191. The summed E-state index contributed by atoms with van der Waals surface area (Å²) >= 11 is 0. The number of ether oxygens (including phenoxy) is 1. The van der Waals surface area contributed by atoms with Crippen LogP contribution >= 0.6 is 0 Å². The first kappa shape index (κ1) is 17.4. The second kappa shape index (κ2) is 6.90. The maximum absolute atomic E-state index is 8.12. The van der Waals surface area contributed by atoms with E-state index in [2.05, 4.69) is 27.7 Å². The molecule has 1 fully saturated rings. The van der Waals surface area contributed by atoms with E-state index >= 15 is 0 Å². The highest BCUT2D eigenvalue weighted by Crippen LogP contribution is 2.36. The molecule has 0 spiro atoms. The molecule has 1 saturated heterocycles. The molecule has 5 nitrogen and oxygen atoms in total. The van der Waals surface area contributed by atoms with Gasteiger partial charge in [0.25, 0.3) is 0 Å². The maximum Gasteiger partial charge on any atom is 0.494 e. The van der Waals surface area contributed by atoms with E-state index in [0.717, 1.165) is 11.2 Å². The summed E-state index contributed by atoms with van der Waals surface area (Å²) in [7, 11) is -0.324. The van der Waals surface area contributed by atoms with Crippen LogP contribution in [0.2, 0.25) is 0 Å². The molecule has 1 aliphatic heterocycles. The molecule has 2 rings (SSSR count). The number of carbonyl (C=O) groups excluding carboxylic acids is 2. The predicted octanol–water partition coefficient (Wildman–Crippen LogP) is 1.80. The highest BCUT2D eigenvalue weighted by molar-refractivity contribution is 6.62. The molecule has 0 unspecified atom stereocenters.